The number of rotatable bonds is 6. The molecule has 0 aliphatic carbocycles. The van der Waals surface area contributed by atoms with Gasteiger partial charge in [-0.25, -0.2) is 9.97 Å². The van der Waals surface area contributed by atoms with Crippen molar-refractivity contribution in [1.82, 2.24) is 9.97 Å². The molecular formula is C14H22N4O2. The maximum atomic E-state index is 5.87. The van der Waals surface area contributed by atoms with Gasteiger partial charge < -0.3 is 20.1 Å². The number of hydrogen-bond acceptors (Lipinski definition) is 6. The van der Waals surface area contributed by atoms with Gasteiger partial charge in [-0.1, -0.05) is 0 Å². The first-order valence-electron chi connectivity index (χ1n) is 7.31. The first-order valence-corrected chi connectivity index (χ1v) is 7.31. The first-order chi connectivity index (χ1) is 9.78. The van der Waals surface area contributed by atoms with E-state index in [0.29, 0.717) is 30.7 Å². The lowest BCUT2D eigenvalue weighted by atomic mass is 9.95. The van der Waals surface area contributed by atoms with Crippen LogP contribution in [-0.2, 0) is 16.1 Å². The second-order valence-corrected chi connectivity index (χ2v) is 5.38. The molecule has 2 N–H and O–H groups in total. The third-order valence-electron chi connectivity index (χ3n) is 3.84. The monoisotopic (exact) mass is 278 g/mol. The topological polar surface area (TPSA) is 68.3 Å². The van der Waals surface area contributed by atoms with Gasteiger partial charge in [-0.15, -0.1) is 0 Å². The Balaban J connectivity index is 1.73. The molecule has 2 aliphatic rings. The molecule has 3 heterocycles. The van der Waals surface area contributed by atoms with Crippen LogP contribution in [0.3, 0.4) is 0 Å². The smallest absolute Gasteiger partial charge is 0.158 e. The molecule has 2 aliphatic heterocycles. The average Bonchev–Trinajstić information content (AvgIpc) is 3.01. The molecule has 3 rings (SSSR count). The van der Waals surface area contributed by atoms with Crippen LogP contribution in [0.25, 0.3) is 0 Å². The Morgan fingerprint density at radius 1 is 1.35 bits per heavy atom. The fraction of sp³-hybridized carbons (Fsp3) is 0.714. The molecule has 20 heavy (non-hydrogen) atoms. The number of fused-ring (bicyclic) bond motifs is 2. The number of anilines is 2. The normalized spacial score (nSPS) is 27.8. The van der Waals surface area contributed by atoms with Crippen LogP contribution in [0.2, 0.25) is 0 Å². The second kappa shape index (κ2) is 5.93. The number of aromatic nitrogens is 2. The second-order valence-electron chi connectivity index (χ2n) is 5.38. The minimum absolute atomic E-state index is 0.337. The van der Waals surface area contributed by atoms with Crippen LogP contribution in [0.1, 0.15) is 32.0 Å². The average molecular weight is 278 g/mol. The van der Waals surface area contributed by atoms with E-state index < -0.39 is 0 Å². The molecule has 0 spiro atoms. The van der Waals surface area contributed by atoms with Crippen molar-refractivity contribution in [2.75, 3.05) is 24.3 Å². The van der Waals surface area contributed by atoms with Gasteiger partial charge in [0, 0.05) is 19.7 Å². The summed E-state index contributed by atoms with van der Waals surface area (Å²) in [6.07, 6.45) is 4.20. The Labute approximate surface area is 119 Å². The zero-order valence-electron chi connectivity index (χ0n) is 12.1. The highest BCUT2D eigenvalue weighted by Crippen LogP contribution is 2.35. The molecule has 6 nitrogen and oxygen atoms in total. The Bertz CT molecular complexity index is 444. The minimum Gasteiger partial charge on any atom is -0.377 e. The Morgan fingerprint density at radius 3 is 2.85 bits per heavy atom. The van der Waals surface area contributed by atoms with E-state index in [-0.39, 0.29) is 0 Å². The quantitative estimate of drug-likeness (QED) is 0.827. The summed E-state index contributed by atoms with van der Waals surface area (Å²) in [5.41, 5.74) is 0. The number of nitrogens with one attached hydrogen (secondary N) is 2. The van der Waals surface area contributed by atoms with E-state index in [9.17, 15) is 0 Å². The van der Waals surface area contributed by atoms with E-state index in [1.165, 1.54) is 6.42 Å². The van der Waals surface area contributed by atoms with Gasteiger partial charge in [0.25, 0.3) is 0 Å². The van der Waals surface area contributed by atoms with E-state index in [2.05, 4.69) is 27.5 Å². The molecule has 2 fully saturated rings. The Kier molecular flexibility index (Phi) is 4.03. The molecule has 6 heteroatoms. The molecule has 0 aromatic carbocycles. The van der Waals surface area contributed by atoms with Crippen LogP contribution in [-0.4, -0.2) is 41.9 Å². The van der Waals surface area contributed by atoms with Crippen LogP contribution >= 0.6 is 0 Å². The third kappa shape index (κ3) is 2.86. The van der Waals surface area contributed by atoms with Crippen molar-refractivity contribution in [3.63, 3.8) is 0 Å². The summed E-state index contributed by atoms with van der Waals surface area (Å²) < 4.78 is 11.0. The maximum Gasteiger partial charge on any atom is 0.158 e. The summed E-state index contributed by atoms with van der Waals surface area (Å²) in [5.74, 6) is 2.38. The van der Waals surface area contributed by atoms with Gasteiger partial charge in [0.05, 0.1) is 18.2 Å². The first kappa shape index (κ1) is 13.6. The molecule has 3 atom stereocenters. The van der Waals surface area contributed by atoms with Crippen LogP contribution < -0.4 is 10.6 Å². The summed E-state index contributed by atoms with van der Waals surface area (Å²) in [6.45, 7) is 3.30. The van der Waals surface area contributed by atoms with Crippen molar-refractivity contribution in [2.45, 2.75) is 51.0 Å². The van der Waals surface area contributed by atoms with Crippen molar-refractivity contribution in [2.24, 2.45) is 0 Å². The number of methoxy groups -OCH3 is 1. The predicted octanol–water partition coefficient (Wildman–Crippen LogP) is 1.79. The summed E-state index contributed by atoms with van der Waals surface area (Å²) in [7, 11) is 1.65. The van der Waals surface area contributed by atoms with Crippen LogP contribution in [0.15, 0.2) is 6.07 Å². The molecule has 2 saturated heterocycles. The van der Waals surface area contributed by atoms with Gasteiger partial charge in [0.2, 0.25) is 0 Å². The molecule has 3 unspecified atom stereocenters. The van der Waals surface area contributed by atoms with Crippen molar-refractivity contribution >= 4 is 11.6 Å². The molecular weight excluding hydrogens is 256 g/mol. The fourth-order valence-electron chi connectivity index (χ4n) is 3.02. The van der Waals surface area contributed by atoms with Crippen molar-refractivity contribution in [3.05, 3.63) is 11.9 Å². The minimum atomic E-state index is 0.337. The van der Waals surface area contributed by atoms with Crippen LogP contribution in [0.5, 0.6) is 0 Å². The Hall–Kier alpha value is -1.40. The highest BCUT2D eigenvalue weighted by atomic mass is 16.5. The van der Waals surface area contributed by atoms with E-state index in [0.717, 1.165) is 31.0 Å². The van der Waals surface area contributed by atoms with E-state index >= 15 is 0 Å². The van der Waals surface area contributed by atoms with Crippen molar-refractivity contribution in [1.29, 1.82) is 0 Å². The zero-order chi connectivity index (χ0) is 13.9. The maximum absolute atomic E-state index is 5.87. The molecule has 1 aromatic rings. The largest absolute Gasteiger partial charge is 0.377 e. The highest BCUT2D eigenvalue weighted by molar-refractivity contribution is 5.48. The fourth-order valence-corrected chi connectivity index (χ4v) is 3.02. The van der Waals surface area contributed by atoms with Gasteiger partial charge in [-0.3, -0.25) is 0 Å². The van der Waals surface area contributed by atoms with E-state index in [1.807, 2.05) is 6.07 Å². The number of nitrogens with zero attached hydrogens (tertiary/aromatic N) is 2. The Morgan fingerprint density at radius 2 is 2.20 bits per heavy atom. The van der Waals surface area contributed by atoms with Crippen LogP contribution in [0.4, 0.5) is 11.6 Å². The standard InChI is InChI=1S/C14H22N4O2/c1-3-15-12-7-13(18-14(17-12)8-19-2)16-10-6-9-4-5-11(10)20-9/h7,9-11H,3-6,8H2,1-2H3,(H2,15,16,17,18). The summed E-state index contributed by atoms with van der Waals surface area (Å²) in [4.78, 5) is 8.93. The summed E-state index contributed by atoms with van der Waals surface area (Å²) >= 11 is 0. The SMILES string of the molecule is CCNc1cc(NC2CC3CCC2O3)nc(COC)n1. The molecule has 0 radical (unpaired) electrons. The molecule has 1 aromatic heterocycles. The third-order valence-corrected chi connectivity index (χ3v) is 3.84. The van der Waals surface area contributed by atoms with E-state index in [4.69, 9.17) is 9.47 Å². The van der Waals surface area contributed by atoms with Gasteiger partial charge in [-0.2, -0.15) is 0 Å². The van der Waals surface area contributed by atoms with Crippen molar-refractivity contribution < 1.29 is 9.47 Å². The lowest BCUT2D eigenvalue weighted by Crippen LogP contribution is -2.31. The molecule has 0 amide bonds. The van der Waals surface area contributed by atoms with Gasteiger partial charge in [-0.05, 0) is 26.2 Å². The van der Waals surface area contributed by atoms with Crippen molar-refractivity contribution in [3.8, 4) is 0 Å². The summed E-state index contributed by atoms with van der Waals surface area (Å²) in [5, 5.41) is 6.73. The highest BCUT2D eigenvalue weighted by Gasteiger charge is 2.40. The van der Waals surface area contributed by atoms with Gasteiger partial charge in [0.15, 0.2) is 5.82 Å². The number of hydrogen-bond donors (Lipinski definition) is 2. The predicted molar refractivity (Wildman–Crippen MR) is 76.8 cm³/mol. The molecule has 110 valence electrons. The summed E-state index contributed by atoms with van der Waals surface area (Å²) in [6, 6.07) is 2.32. The van der Waals surface area contributed by atoms with Gasteiger partial charge in [0.1, 0.15) is 18.2 Å². The lowest BCUT2D eigenvalue weighted by molar-refractivity contribution is 0.102. The lowest BCUT2D eigenvalue weighted by Gasteiger charge is -2.21. The zero-order valence-corrected chi connectivity index (χ0v) is 12.1. The van der Waals surface area contributed by atoms with E-state index in [1.54, 1.807) is 7.11 Å². The number of ether oxygens (including phenoxy) is 2. The van der Waals surface area contributed by atoms with Crippen LogP contribution in [0, 0.1) is 0 Å². The molecule has 0 saturated carbocycles. The van der Waals surface area contributed by atoms with Gasteiger partial charge >= 0.3 is 0 Å². The molecule has 2 bridgehead atoms.